The van der Waals surface area contributed by atoms with Crippen molar-refractivity contribution < 1.29 is 4.74 Å². The first kappa shape index (κ1) is 17.4. The molecule has 2 rings (SSSR count). The standard InChI is InChI=1S/C16H27BrN2OS/c1-12(2)7-18-8-14-4-5-15(20-14)9-19(3)10-16-6-13(17)11-21-16/h6,11-12,14-15,18H,4-5,7-10H2,1-3H3. The van der Waals surface area contributed by atoms with Crippen molar-refractivity contribution in [2.45, 2.75) is 45.4 Å². The second-order valence-electron chi connectivity index (χ2n) is 6.44. The first-order valence-electron chi connectivity index (χ1n) is 7.80. The maximum atomic E-state index is 6.15. The highest BCUT2D eigenvalue weighted by Crippen LogP contribution is 2.23. The Hall–Kier alpha value is 0.0600. The van der Waals surface area contributed by atoms with Gasteiger partial charge in [0, 0.05) is 34.4 Å². The molecule has 21 heavy (non-hydrogen) atoms. The smallest absolute Gasteiger partial charge is 0.0707 e. The monoisotopic (exact) mass is 374 g/mol. The van der Waals surface area contributed by atoms with Crippen molar-refractivity contribution in [3.8, 4) is 0 Å². The molecule has 3 nitrogen and oxygen atoms in total. The average Bonchev–Trinajstić information content (AvgIpc) is 2.98. The summed E-state index contributed by atoms with van der Waals surface area (Å²) < 4.78 is 7.33. The van der Waals surface area contributed by atoms with Crippen molar-refractivity contribution >= 4 is 27.3 Å². The van der Waals surface area contributed by atoms with Crippen LogP contribution in [0.25, 0.3) is 0 Å². The lowest BCUT2D eigenvalue weighted by molar-refractivity contribution is 0.0267. The van der Waals surface area contributed by atoms with Crippen LogP contribution < -0.4 is 5.32 Å². The molecule has 120 valence electrons. The fourth-order valence-electron chi connectivity index (χ4n) is 2.71. The number of ether oxygens (including phenoxy) is 1. The van der Waals surface area contributed by atoms with Crippen molar-refractivity contribution in [1.82, 2.24) is 10.2 Å². The fraction of sp³-hybridized carbons (Fsp3) is 0.750. The summed E-state index contributed by atoms with van der Waals surface area (Å²) in [5.74, 6) is 0.707. The van der Waals surface area contributed by atoms with Crippen LogP contribution in [0.15, 0.2) is 15.9 Å². The van der Waals surface area contributed by atoms with Gasteiger partial charge in [-0.15, -0.1) is 11.3 Å². The highest BCUT2D eigenvalue weighted by molar-refractivity contribution is 9.10. The van der Waals surface area contributed by atoms with Crippen molar-refractivity contribution in [1.29, 1.82) is 0 Å². The van der Waals surface area contributed by atoms with Crippen LogP contribution in [0, 0.1) is 5.92 Å². The molecule has 1 aliphatic rings. The lowest BCUT2D eigenvalue weighted by Gasteiger charge is -2.21. The van der Waals surface area contributed by atoms with E-state index in [1.165, 1.54) is 22.2 Å². The Morgan fingerprint density at radius 1 is 1.43 bits per heavy atom. The van der Waals surface area contributed by atoms with Crippen molar-refractivity contribution in [2.24, 2.45) is 5.92 Å². The Morgan fingerprint density at radius 3 is 2.86 bits per heavy atom. The van der Waals surface area contributed by atoms with Crippen molar-refractivity contribution in [2.75, 3.05) is 26.7 Å². The first-order chi connectivity index (χ1) is 10.0. The Bertz CT molecular complexity index is 424. The van der Waals surface area contributed by atoms with Crippen LogP contribution in [0.5, 0.6) is 0 Å². The van der Waals surface area contributed by atoms with E-state index in [9.17, 15) is 0 Å². The molecule has 1 aromatic rings. The summed E-state index contributed by atoms with van der Waals surface area (Å²) >= 11 is 5.32. The summed E-state index contributed by atoms with van der Waals surface area (Å²) in [6, 6.07) is 2.20. The number of hydrogen-bond acceptors (Lipinski definition) is 4. The lowest BCUT2D eigenvalue weighted by Crippen LogP contribution is -2.32. The Labute approximate surface area is 141 Å². The molecule has 0 bridgehead atoms. The third kappa shape index (κ3) is 6.37. The molecule has 0 saturated carbocycles. The van der Waals surface area contributed by atoms with E-state index in [0.29, 0.717) is 18.1 Å². The minimum atomic E-state index is 0.393. The van der Waals surface area contributed by atoms with Crippen molar-refractivity contribution in [3.05, 3.63) is 20.8 Å². The van der Waals surface area contributed by atoms with Crippen molar-refractivity contribution in [3.63, 3.8) is 0 Å². The largest absolute Gasteiger partial charge is 0.372 e. The van der Waals surface area contributed by atoms with Gasteiger partial charge >= 0.3 is 0 Å². The maximum Gasteiger partial charge on any atom is 0.0707 e. The van der Waals surface area contributed by atoms with Crippen LogP contribution in [-0.4, -0.2) is 43.8 Å². The number of thiophene rings is 1. The van der Waals surface area contributed by atoms with Crippen LogP contribution >= 0.6 is 27.3 Å². The SMILES string of the molecule is CC(C)CNCC1CCC(CN(C)Cc2cc(Br)cs2)O1. The van der Waals surface area contributed by atoms with E-state index in [4.69, 9.17) is 4.74 Å². The number of nitrogens with one attached hydrogen (secondary N) is 1. The number of likely N-dealkylation sites (N-methyl/N-ethyl adjacent to an activating group) is 1. The van der Waals surface area contributed by atoms with Crippen LogP contribution in [-0.2, 0) is 11.3 Å². The molecule has 0 spiro atoms. The van der Waals surface area contributed by atoms with Gasteiger partial charge < -0.3 is 10.1 Å². The van der Waals surface area contributed by atoms with E-state index < -0.39 is 0 Å². The maximum absolute atomic E-state index is 6.15. The molecule has 0 radical (unpaired) electrons. The van der Waals surface area contributed by atoms with Gasteiger partial charge in [-0.25, -0.2) is 0 Å². The zero-order valence-corrected chi connectivity index (χ0v) is 15.7. The molecule has 0 aliphatic carbocycles. The molecule has 1 saturated heterocycles. The summed E-state index contributed by atoms with van der Waals surface area (Å²) in [7, 11) is 2.18. The molecule has 2 heterocycles. The molecular weight excluding hydrogens is 348 g/mol. The van der Waals surface area contributed by atoms with Gasteiger partial charge in [-0.05, 0) is 54.3 Å². The number of hydrogen-bond donors (Lipinski definition) is 1. The predicted octanol–water partition coefficient (Wildman–Crippen LogP) is 3.74. The van der Waals surface area contributed by atoms with Gasteiger partial charge in [-0.1, -0.05) is 13.8 Å². The van der Waals surface area contributed by atoms with Gasteiger partial charge in [0.2, 0.25) is 0 Å². The minimum Gasteiger partial charge on any atom is -0.372 e. The van der Waals surface area contributed by atoms with E-state index in [2.05, 4.69) is 58.5 Å². The molecule has 0 amide bonds. The van der Waals surface area contributed by atoms with Crippen LogP contribution in [0.3, 0.4) is 0 Å². The van der Waals surface area contributed by atoms with Crippen LogP contribution in [0.4, 0.5) is 0 Å². The van der Waals surface area contributed by atoms with E-state index in [-0.39, 0.29) is 0 Å². The van der Waals surface area contributed by atoms with Gasteiger partial charge in [0.15, 0.2) is 0 Å². The second-order valence-corrected chi connectivity index (χ2v) is 8.35. The highest BCUT2D eigenvalue weighted by Gasteiger charge is 2.25. The zero-order chi connectivity index (χ0) is 15.2. The van der Waals surface area contributed by atoms with E-state index >= 15 is 0 Å². The molecule has 0 aromatic carbocycles. The minimum absolute atomic E-state index is 0.393. The van der Waals surface area contributed by atoms with Gasteiger partial charge in [0.1, 0.15) is 0 Å². The van der Waals surface area contributed by atoms with E-state index in [1.54, 1.807) is 0 Å². The summed E-state index contributed by atoms with van der Waals surface area (Å²) in [5.41, 5.74) is 0. The normalized spacial score (nSPS) is 22.6. The van der Waals surface area contributed by atoms with Crippen LogP contribution in [0.2, 0.25) is 0 Å². The van der Waals surface area contributed by atoms with E-state index in [1.807, 2.05) is 11.3 Å². The van der Waals surface area contributed by atoms with Gasteiger partial charge in [-0.2, -0.15) is 0 Å². The van der Waals surface area contributed by atoms with Gasteiger partial charge in [0.25, 0.3) is 0 Å². The zero-order valence-electron chi connectivity index (χ0n) is 13.3. The van der Waals surface area contributed by atoms with Crippen LogP contribution in [0.1, 0.15) is 31.6 Å². The molecule has 2 unspecified atom stereocenters. The molecular formula is C16H27BrN2OS. The van der Waals surface area contributed by atoms with Gasteiger partial charge in [-0.3, -0.25) is 4.90 Å². The topological polar surface area (TPSA) is 24.5 Å². The quantitative estimate of drug-likeness (QED) is 0.749. The molecule has 2 atom stereocenters. The first-order valence-corrected chi connectivity index (χ1v) is 9.48. The second kappa shape index (κ2) is 8.63. The molecule has 1 N–H and O–H groups in total. The fourth-order valence-corrected chi connectivity index (χ4v) is 4.24. The summed E-state index contributed by atoms with van der Waals surface area (Å²) in [6.07, 6.45) is 3.17. The predicted molar refractivity (Wildman–Crippen MR) is 94.0 cm³/mol. The number of rotatable bonds is 8. The lowest BCUT2D eigenvalue weighted by atomic mass is 10.2. The van der Waals surface area contributed by atoms with Gasteiger partial charge in [0.05, 0.1) is 12.2 Å². The summed E-state index contributed by atoms with van der Waals surface area (Å²) in [4.78, 5) is 3.77. The third-order valence-electron chi connectivity index (χ3n) is 3.68. The summed E-state index contributed by atoms with van der Waals surface area (Å²) in [5, 5.41) is 5.65. The highest BCUT2D eigenvalue weighted by atomic mass is 79.9. The molecule has 1 aliphatic heterocycles. The Kier molecular flexibility index (Phi) is 7.16. The Balaban J connectivity index is 1.65. The number of nitrogens with zero attached hydrogens (tertiary/aromatic N) is 1. The molecule has 1 aromatic heterocycles. The third-order valence-corrected chi connectivity index (χ3v) is 5.37. The average molecular weight is 375 g/mol. The number of halogens is 1. The molecule has 5 heteroatoms. The Morgan fingerprint density at radius 2 is 2.19 bits per heavy atom. The molecule has 1 fully saturated rings. The summed E-state index contributed by atoms with van der Waals surface area (Å²) in [6.45, 7) is 8.59. The van der Waals surface area contributed by atoms with E-state index in [0.717, 1.165) is 26.2 Å².